The van der Waals surface area contributed by atoms with Crippen molar-refractivity contribution in [3.63, 3.8) is 0 Å². The van der Waals surface area contributed by atoms with Gasteiger partial charge >= 0.3 is 0 Å². The molecule has 2 heterocycles. The Hall–Kier alpha value is -1.65. The summed E-state index contributed by atoms with van der Waals surface area (Å²) in [7, 11) is 0. The monoisotopic (exact) mass is 479 g/mol. The Morgan fingerprint density at radius 1 is 1.38 bits per heavy atom. The molecule has 2 atom stereocenters. The van der Waals surface area contributed by atoms with Crippen molar-refractivity contribution >= 4 is 28.3 Å². The number of benzene rings is 1. The molecule has 176 valence electrons. The number of rotatable bonds is 11. The van der Waals surface area contributed by atoms with Gasteiger partial charge in [-0.15, -0.1) is 11.3 Å². The highest BCUT2D eigenvalue weighted by Crippen LogP contribution is 2.27. The fourth-order valence-corrected chi connectivity index (χ4v) is 5.35. The van der Waals surface area contributed by atoms with Crippen molar-refractivity contribution < 1.29 is 18.3 Å². The highest BCUT2D eigenvalue weighted by atomic mass is 32.2. The second-order valence-electron chi connectivity index (χ2n) is 8.08. The molecule has 9 heteroatoms. The van der Waals surface area contributed by atoms with E-state index in [1.54, 1.807) is 12.3 Å². The van der Waals surface area contributed by atoms with E-state index < -0.39 is 11.1 Å². The molecule has 1 saturated heterocycles. The average Bonchev–Trinajstić information content (AvgIpc) is 3.24. The highest BCUT2D eigenvalue weighted by molar-refractivity contribution is 7.79. The van der Waals surface area contributed by atoms with E-state index in [2.05, 4.69) is 23.7 Å². The molecular weight excluding hydrogens is 446 g/mol. The first-order chi connectivity index (χ1) is 15.5. The maximum atomic E-state index is 12.0. The lowest BCUT2D eigenvalue weighted by Gasteiger charge is -2.29. The van der Waals surface area contributed by atoms with E-state index in [-0.39, 0.29) is 18.6 Å². The number of nitrogens with zero attached hydrogens (tertiary/aromatic N) is 3. The second kappa shape index (κ2) is 12.6. The second-order valence-corrected chi connectivity index (χ2v) is 9.92. The third-order valence-corrected chi connectivity index (χ3v) is 7.48. The minimum atomic E-state index is -2.05. The Morgan fingerprint density at radius 2 is 2.22 bits per heavy atom. The third-order valence-electron chi connectivity index (χ3n) is 5.90. The number of aromatic nitrogens is 1. The molecule has 32 heavy (non-hydrogen) atoms. The summed E-state index contributed by atoms with van der Waals surface area (Å²) >= 11 is -0.532. The molecule has 0 bridgehead atoms. The Kier molecular flexibility index (Phi) is 9.80. The number of likely N-dealkylation sites (N-methyl/N-ethyl adjacent to an activating group) is 1. The van der Waals surface area contributed by atoms with Crippen LogP contribution < -0.4 is 0 Å². The molecule has 7 nitrogen and oxygen atoms in total. The zero-order valence-corrected chi connectivity index (χ0v) is 20.5. The Balaban J connectivity index is 1.55. The van der Waals surface area contributed by atoms with Crippen molar-refractivity contribution in [2.75, 3.05) is 39.4 Å². The first-order valence-corrected chi connectivity index (χ1v) is 13.2. The normalized spacial score (nSPS) is 16.9. The molecule has 3 rings (SSSR count). The predicted octanol–water partition coefficient (Wildman–Crippen LogP) is 3.67. The van der Waals surface area contributed by atoms with E-state index in [0.29, 0.717) is 17.9 Å². The van der Waals surface area contributed by atoms with Crippen LogP contribution in [0.1, 0.15) is 38.7 Å². The van der Waals surface area contributed by atoms with E-state index >= 15 is 0 Å². The van der Waals surface area contributed by atoms with Crippen LogP contribution in [0.5, 0.6) is 0 Å². The number of thiazole rings is 1. The minimum Gasteiger partial charge on any atom is -0.372 e. The van der Waals surface area contributed by atoms with Crippen molar-refractivity contribution in [1.29, 1.82) is 0 Å². The molecular formula is C23H33N3O4S2. The number of hydrogen-bond donors (Lipinski definition) is 1. The molecule has 1 aliphatic rings. The maximum Gasteiger partial charge on any atom is 0.248 e. The number of ether oxygens (including phenoxy) is 1. The van der Waals surface area contributed by atoms with Crippen molar-refractivity contribution in [1.82, 2.24) is 14.8 Å². The van der Waals surface area contributed by atoms with Crippen LogP contribution in [0.2, 0.25) is 0 Å². The Bertz CT molecular complexity index is 891. The van der Waals surface area contributed by atoms with E-state index in [4.69, 9.17) is 4.74 Å². The molecule has 1 fully saturated rings. The van der Waals surface area contributed by atoms with Crippen molar-refractivity contribution in [3.05, 3.63) is 35.3 Å². The number of amides is 1. The fourth-order valence-electron chi connectivity index (χ4n) is 4.11. The molecule has 0 radical (unpaired) electrons. The first-order valence-electron chi connectivity index (χ1n) is 11.2. The van der Waals surface area contributed by atoms with E-state index in [0.717, 1.165) is 61.6 Å². The van der Waals surface area contributed by atoms with E-state index in [1.807, 2.05) is 22.4 Å². The molecule has 0 saturated carbocycles. The largest absolute Gasteiger partial charge is 0.372 e. The topological polar surface area (TPSA) is 83.0 Å². The molecule has 0 aliphatic carbocycles. The predicted molar refractivity (Wildman–Crippen MR) is 128 cm³/mol. The summed E-state index contributed by atoms with van der Waals surface area (Å²) < 4.78 is 27.2. The fraction of sp³-hybridized carbons (Fsp3) is 0.565. The highest BCUT2D eigenvalue weighted by Gasteiger charge is 2.19. The van der Waals surface area contributed by atoms with Gasteiger partial charge in [0, 0.05) is 42.9 Å². The van der Waals surface area contributed by atoms with Crippen LogP contribution in [0.15, 0.2) is 34.7 Å². The maximum absolute atomic E-state index is 12.0. The van der Waals surface area contributed by atoms with E-state index in [9.17, 15) is 13.6 Å². The number of hydrogen-bond acceptors (Lipinski definition) is 6. The summed E-state index contributed by atoms with van der Waals surface area (Å²) in [5.74, 6) is 0.0916. The summed E-state index contributed by atoms with van der Waals surface area (Å²) in [5, 5.41) is 2.75. The van der Waals surface area contributed by atoms with Crippen LogP contribution in [0, 0.1) is 0 Å². The molecule has 0 spiro atoms. The van der Waals surface area contributed by atoms with Gasteiger partial charge in [0.15, 0.2) is 11.1 Å². The number of carbonyl (C=O) groups is 1. The van der Waals surface area contributed by atoms with Gasteiger partial charge in [0.25, 0.3) is 0 Å². The van der Waals surface area contributed by atoms with Crippen LogP contribution in [-0.4, -0.2) is 74.9 Å². The SMILES string of the molecule is CCN(CCCCN1CCCOCC1=O)C(C)Cc1ccc(-c2nccs2)cc1S(=O)O. The quantitative estimate of drug-likeness (QED) is 0.391. The van der Waals surface area contributed by atoms with Crippen LogP contribution >= 0.6 is 11.3 Å². The van der Waals surface area contributed by atoms with Gasteiger partial charge in [0.05, 0.1) is 4.90 Å². The summed E-state index contributed by atoms with van der Waals surface area (Å²) in [4.78, 5) is 21.1. The summed E-state index contributed by atoms with van der Waals surface area (Å²) in [6.07, 6.45) is 5.31. The van der Waals surface area contributed by atoms with Crippen molar-refractivity contribution in [3.8, 4) is 10.6 Å². The van der Waals surface area contributed by atoms with Crippen LogP contribution in [0.4, 0.5) is 0 Å². The lowest BCUT2D eigenvalue weighted by atomic mass is 10.0. The molecule has 1 amide bonds. The molecule has 1 aromatic carbocycles. The Labute approximate surface area is 197 Å². The van der Waals surface area contributed by atoms with Gasteiger partial charge in [-0.2, -0.15) is 0 Å². The molecule has 2 unspecified atom stereocenters. The van der Waals surface area contributed by atoms with Crippen molar-refractivity contribution in [2.45, 2.75) is 50.5 Å². The smallest absolute Gasteiger partial charge is 0.248 e. The lowest BCUT2D eigenvalue weighted by Crippen LogP contribution is -2.37. The zero-order valence-electron chi connectivity index (χ0n) is 18.9. The first kappa shape index (κ1) is 25.0. The third kappa shape index (κ3) is 6.92. The molecule has 1 aromatic heterocycles. The summed E-state index contributed by atoms with van der Waals surface area (Å²) in [5.41, 5.74) is 1.77. The van der Waals surface area contributed by atoms with Gasteiger partial charge in [-0.3, -0.25) is 4.79 Å². The average molecular weight is 480 g/mol. The van der Waals surface area contributed by atoms with Crippen LogP contribution in [-0.2, 0) is 27.0 Å². The van der Waals surface area contributed by atoms with Gasteiger partial charge in [0.2, 0.25) is 5.91 Å². The van der Waals surface area contributed by atoms with E-state index in [1.165, 1.54) is 11.3 Å². The molecule has 2 aromatic rings. The lowest BCUT2D eigenvalue weighted by molar-refractivity contribution is -0.133. The van der Waals surface area contributed by atoms with Crippen LogP contribution in [0.25, 0.3) is 10.6 Å². The van der Waals surface area contributed by atoms with Gasteiger partial charge < -0.3 is 19.1 Å². The van der Waals surface area contributed by atoms with Gasteiger partial charge in [0.1, 0.15) is 11.6 Å². The minimum absolute atomic E-state index is 0.0916. The van der Waals surface area contributed by atoms with Gasteiger partial charge in [-0.25, -0.2) is 9.19 Å². The standard InChI is InChI=1S/C23H33N3O4S2/c1-3-25(10-4-5-11-26-12-6-13-30-17-22(26)27)18(2)15-19-7-8-20(16-21(19)32(28)29)23-24-9-14-31-23/h7-9,14,16,18H,3-6,10-13,15,17H2,1-2H3,(H,28,29). The molecule has 1 N–H and O–H groups in total. The summed E-state index contributed by atoms with van der Waals surface area (Å²) in [6, 6.07) is 5.96. The molecule has 1 aliphatic heterocycles. The number of unbranched alkanes of at least 4 members (excludes halogenated alkanes) is 1. The van der Waals surface area contributed by atoms with Crippen LogP contribution in [0.3, 0.4) is 0 Å². The van der Waals surface area contributed by atoms with Gasteiger partial charge in [-0.05, 0) is 57.3 Å². The van der Waals surface area contributed by atoms with Gasteiger partial charge in [-0.1, -0.05) is 19.1 Å². The summed E-state index contributed by atoms with van der Waals surface area (Å²) in [6.45, 7) is 8.58. The zero-order chi connectivity index (χ0) is 22.9. The number of carbonyl (C=O) groups excluding carboxylic acids is 1. The van der Waals surface area contributed by atoms with Crippen molar-refractivity contribution in [2.24, 2.45) is 0 Å². The Morgan fingerprint density at radius 3 is 2.94 bits per heavy atom.